The Hall–Kier alpha value is -2.57. The van der Waals surface area contributed by atoms with Gasteiger partial charge in [-0.1, -0.05) is 50.3 Å². The maximum absolute atomic E-state index is 13.0. The van der Waals surface area contributed by atoms with Gasteiger partial charge in [-0.3, -0.25) is 4.72 Å². The van der Waals surface area contributed by atoms with Crippen LogP contribution in [0.15, 0.2) is 78.0 Å². The lowest BCUT2D eigenvalue weighted by atomic mass is 9.85. The van der Waals surface area contributed by atoms with E-state index < -0.39 is 10.0 Å². The summed E-state index contributed by atoms with van der Waals surface area (Å²) in [5.74, 6) is 0.814. The standard InChI is InChI=1S/C26H33N3O2S/c1-21(19-22-9-3-2-4-10-22)27-20-23-11-5-6-12-26(23)28-32(30,31)25-15-13-24(14-16-25)29-17-7-8-18-29/h5-8,11-18,21-22,27-28H,2-4,9-10,19-20H2,1H3/t21-/m0/s1. The zero-order valence-corrected chi connectivity index (χ0v) is 19.5. The maximum Gasteiger partial charge on any atom is 0.261 e. The van der Waals surface area contributed by atoms with Crippen LogP contribution < -0.4 is 10.0 Å². The second kappa shape index (κ2) is 10.4. The van der Waals surface area contributed by atoms with Crippen molar-refractivity contribution in [2.75, 3.05) is 4.72 Å². The van der Waals surface area contributed by atoms with Gasteiger partial charge in [-0.25, -0.2) is 8.42 Å². The average Bonchev–Trinajstić information content (AvgIpc) is 3.34. The maximum atomic E-state index is 13.0. The van der Waals surface area contributed by atoms with Crippen LogP contribution in [0.4, 0.5) is 5.69 Å². The van der Waals surface area contributed by atoms with Crippen molar-refractivity contribution >= 4 is 15.7 Å². The van der Waals surface area contributed by atoms with Crippen molar-refractivity contribution in [2.24, 2.45) is 5.92 Å². The minimum Gasteiger partial charge on any atom is -0.324 e. The first kappa shape index (κ1) is 22.6. The third-order valence-corrected chi connectivity index (χ3v) is 7.75. The number of aromatic nitrogens is 1. The van der Waals surface area contributed by atoms with Crippen molar-refractivity contribution in [1.29, 1.82) is 0 Å². The normalized spacial score (nSPS) is 16.0. The summed E-state index contributed by atoms with van der Waals surface area (Å²) < 4.78 is 30.8. The van der Waals surface area contributed by atoms with Gasteiger partial charge in [0.25, 0.3) is 10.0 Å². The van der Waals surface area contributed by atoms with Crippen molar-refractivity contribution in [3.8, 4) is 5.69 Å². The predicted molar refractivity (Wildman–Crippen MR) is 131 cm³/mol. The summed E-state index contributed by atoms with van der Waals surface area (Å²) in [6.07, 6.45) is 11.8. The van der Waals surface area contributed by atoms with E-state index >= 15 is 0 Å². The zero-order valence-electron chi connectivity index (χ0n) is 18.7. The number of anilines is 1. The largest absolute Gasteiger partial charge is 0.324 e. The minimum absolute atomic E-state index is 0.252. The predicted octanol–water partition coefficient (Wildman–Crippen LogP) is 5.73. The zero-order chi connectivity index (χ0) is 22.4. The van der Waals surface area contributed by atoms with Crippen LogP contribution in [0, 0.1) is 5.92 Å². The molecule has 1 aliphatic carbocycles. The van der Waals surface area contributed by atoms with Crippen molar-refractivity contribution in [3.63, 3.8) is 0 Å². The second-order valence-corrected chi connectivity index (χ2v) is 10.6. The van der Waals surface area contributed by atoms with Crippen LogP contribution in [0.25, 0.3) is 5.69 Å². The molecule has 0 aliphatic heterocycles. The van der Waals surface area contributed by atoms with Gasteiger partial charge in [-0.2, -0.15) is 0 Å². The Balaban J connectivity index is 1.40. The van der Waals surface area contributed by atoms with E-state index in [0.717, 1.165) is 17.2 Å². The van der Waals surface area contributed by atoms with Gasteiger partial charge in [0.2, 0.25) is 0 Å². The summed E-state index contributed by atoms with van der Waals surface area (Å²) in [4.78, 5) is 0.252. The molecule has 6 heteroatoms. The van der Waals surface area contributed by atoms with E-state index in [0.29, 0.717) is 18.3 Å². The Morgan fingerprint density at radius 1 is 0.938 bits per heavy atom. The van der Waals surface area contributed by atoms with Gasteiger partial charge in [-0.15, -0.1) is 0 Å². The summed E-state index contributed by atoms with van der Waals surface area (Å²) >= 11 is 0. The molecule has 1 aliphatic rings. The van der Waals surface area contributed by atoms with E-state index in [1.807, 2.05) is 65.5 Å². The van der Waals surface area contributed by atoms with Gasteiger partial charge in [0, 0.05) is 30.7 Å². The summed E-state index contributed by atoms with van der Waals surface area (Å²) in [5.41, 5.74) is 2.50. The second-order valence-electron chi connectivity index (χ2n) is 8.87. The molecule has 4 rings (SSSR count). The van der Waals surface area contributed by atoms with Gasteiger partial charge >= 0.3 is 0 Å². The summed E-state index contributed by atoms with van der Waals surface area (Å²) in [6.45, 7) is 2.87. The molecule has 0 bridgehead atoms. The van der Waals surface area contributed by atoms with E-state index in [1.54, 1.807) is 12.1 Å². The fourth-order valence-electron chi connectivity index (χ4n) is 4.57. The Bertz CT molecular complexity index is 1090. The van der Waals surface area contributed by atoms with Gasteiger partial charge < -0.3 is 9.88 Å². The monoisotopic (exact) mass is 451 g/mol. The van der Waals surface area contributed by atoms with Crippen molar-refractivity contribution < 1.29 is 8.42 Å². The molecular weight excluding hydrogens is 418 g/mol. The van der Waals surface area contributed by atoms with Crippen molar-refractivity contribution in [3.05, 3.63) is 78.6 Å². The SMILES string of the molecule is C[C@@H](CC1CCCCC1)NCc1ccccc1NS(=O)(=O)c1ccc(-n2cccc2)cc1. The molecular formula is C26H33N3O2S. The van der Waals surface area contributed by atoms with Gasteiger partial charge in [0.05, 0.1) is 10.6 Å². The number of hydrogen-bond acceptors (Lipinski definition) is 3. The van der Waals surface area contributed by atoms with E-state index in [9.17, 15) is 8.42 Å². The molecule has 2 aromatic carbocycles. The fourth-order valence-corrected chi connectivity index (χ4v) is 5.67. The number of hydrogen-bond donors (Lipinski definition) is 2. The lowest BCUT2D eigenvalue weighted by Crippen LogP contribution is -2.29. The third kappa shape index (κ3) is 5.81. The number of rotatable bonds is 9. The molecule has 2 N–H and O–H groups in total. The van der Waals surface area contributed by atoms with Gasteiger partial charge in [0.1, 0.15) is 0 Å². The quantitative estimate of drug-likeness (QED) is 0.437. The Morgan fingerprint density at radius 3 is 2.34 bits per heavy atom. The van der Waals surface area contributed by atoms with E-state index in [4.69, 9.17) is 0 Å². The molecule has 0 unspecified atom stereocenters. The highest BCUT2D eigenvalue weighted by molar-refractivity contribution is 7.92. The lowest BCUT2D eigenvalue weighted by Gasteiger charge is -2.25. The molecule has 1 saturated carbocycles. The number of nitrogens with one attached hydrogen (secondary N) is 2. The number of nitrogens with zero attached hydrogens (tertiary/aromatic N) is 1. The highest BCUT2D eigenvalue weighted by Crippen LogP contribution is 2.27. The van der Waals surface area contributed by atoms with Crippen LogP contribution in [-0.4, -0.2) is 19.0 Å². The lowest BCUT2D eigenvalue weighted by molar-refractivity contribution is 0.305. The van der Waals surface area contributed by atoms with E-state index in [1.165, 1.54) is 38.5 Å². The van der Waals surface area contributed by atoms with Crippen LogP contribution in [0.5, 0.6) is 0 Å². The first-order valence-electron chi connectivity index (χ1n) is 11.6. The Morgan fingerprint density at radius 2 is 1.62 bits per heavy atom. The molecule has 32 heavy (non-hydrogen) atoms. The molecule has 0 amide bonds. The topological polar surface area (TPSA) is 63.1 Å². The van der Waals surface area contributed by atoms with Crippen LogP contribution >= 0.6 is 0 Å². The van der Waals surface area contributed by atoms with Crippen LogP contribution in [0.1, 0.15) is 51.0 Å². The van der Waals surface area contributed by atoms with Crippen molar-refractivity contribution in [2.45, 2.75) is 62.9 Å². The fraction of sp³-hybridized carbons (Fsp3) is 0.385. The molecule has 1 heterocycles. The molecule has 1 aromatic heterocycles. The average molecular weight is 452 g/mol. The molecule has 1 fully saturated rings. The van der Waals surface area contributed by atoms with Crippen LogP contribution in [-0.2, 0) is 16.6 Å². The number of para-hydroxylation sites is 1. The molecule has 0 saturated heterocycles. The minimum atomic E-state index is -3.67. The van der Waals surface area contributed by atoms with Gasteiger partial charge in [-0.05, 0) is 67.3 Å². The molecule has 1 atom stereocenters. The summed E-state index contributed by atoms with van der Waals surface area (Å²) in [7, 11) is -3.67. The van der Waals surface area contributed by atoms with Crippen LogP contribution in [0.3, 0.4) is 0 Å². The number of benzene rings is 2. The molecule has 0 spiro atoms. The van der Waals surface area contributed by atoms with E-state index in [2.05, 4.69) is 17.0 Å². The molecule has 5 nitrogen and oxygen atoms in total. The van der Waals surface area contributed by atoms with Gasteiger partial charge in [0.15, 0.2) is 0 Å². The highest BCUT2D eigenvalue weighted by Gasteiger charge is 2.18. The number of sulfonamides is 1. The first-order valence-corrected chi connectivity index (χ1v) is 13.1. The summed E-state index contributed by atoms with van der Waals surface area (Å²) in [6, 6.07) is 18.8. The molecule has 170 valence electrons. The van der Waals surface area contributed by atoms with Crippen molar-refractivity contribution in [1.82, 2.24) is 9.88 Å². The molecule has 3 aromatic rings. The Labute approximate surface area is 191 Å². The summed E-state index contributed by atoms with van der Waals surface area (Å²) in [5, 5.41) is 3.60. The van der Waals surface area contributed by atoms with Crippen LogP contribution in [0.2, 0.25) is 0 Å². The highest BCUT2D eigenvalue weighted by atomic mass is 32.2. The first-order chi connectivity index (χ1) is 15.5. The molecule has 0 radical (unpaired) electrons. The van der Waals surface area contributed by atoms with E-state index in [-0.39, 0.29) is 4.90 Å². The smallest absolute Gasteiger partial charge is 0.261 e. The Kier molecular flexibility index (Phi) is 7.33. The third-order valence-electron chi connectivity index (χ3n) is 6.36.